The fourth-order valence-electron chi connectivity index (χ4n) is 2.22. The smallest absolute Gasteiger partial charge is 0.323 e. The van der Waals surface area contributed by atoms with E-state index in [1.807, 2.05) is 16.9 Å². The minimum absolute atomic E-state index is 0.00295. The Bertz CT molecular complexity index is 357. The van der Waals surface area contributed by atoms with Gasteiger partial charge in [0, 0.05) is 31.9 Å². The standard InChI is InChI=1S/C10H13N3O2/c14-10-9(2-5-15-10)12-6-8(7-12)13-4-1-3-11-13/h1,3-4,8-9H,2,5-7H2/t9-/m0/s1. The van der Waals surface area contributed by atoms with Gasteiger partial charge < -0.3 is 4.74 Å². The highest BCUT2D eigenvalue weighted by molar-refractivity contribution is 5.77. The summed E-state index contributed by atoms with van der Waals surface area (Å²) >= 11 is 0. The lowest BCUT2D eigenvalue weighted by atomic mass is 10.0. The first-order chi connectivity index (χ1) is 7.34. The van der Waals surface area contributed by atoms with Gasteiger partial charge in [-0.3, -0.25) is 14.4 Å². The minimum Gasteiger partial charge on any atom is -0.464 e. The molecule has 2 aliphatic rings. The zero-order valence-corrected chi connectivity index (χ0v) is 8.37. The molecule has 2 fully saturated rings. The third kappa shape index (κ3) is 1.43. The van der Waals surface area contributed by atoms with Crippen LogP contribution in [0.3, 0.4) is 0 Å². The molecule has 1 atom stereocenters. The molecule has 2 aliphatic heterocycles. The molecule has 0 radical (unpaired) electrons. The molecule has 0 amide bonds. The predicted octanol–water partition coefficient (Wildman–Crippen LogP) is 0.0553. The van der Waals surface area contributed by atoms with Gasteiger partial charge in [0.05, 0.1) is 12.6 Å². The maximum Gasteiger partial charge on any atom is 0.323 e. The lowest BCUT2D eigenvalue weighted by Crippen LogP contribution is -2.54. The van der Waals surface area contributed by atoms with Crippen LogP contribution in [0.5, 0.6) is 0 Å². The van der Waals surface area contributed by atoms with Crippen LogP contribution in [0.2, 0.25) is 0 Å². The van der Waals surface area contributed by atoms with E-state index in [0.29, 0.717) is 12.6 Å². The van der Waals surface area contributed by atoms with Crippen molar-refractivity contribution in [2.75, 3.05) is 19.7 Å². The summed E-state index contributed by atoms with van der Waals surface area (Å²) in [5, 5.41) is 4.19. The highest BCUT2D eigenvalue weighted by Crippen LogP contribution is 2.26. The number of hydrogen-bond donors (Lipinski definition) is 0. The Hall–Kier alpha value is -1.36. The lowest BCUT2D eigenvalue weighted by Gasteiger charge is -2.41. The van der Waals surface area contributed by atoms with Crippen LogP contribution >= 0.6 is 0 Å². The zero-order chi connectivity index (χ0) is 10.3. The molecule has 3 rings (SSSR count). The zero-order valence-electron chi connectivity index (χ0n) is 8.37. The number of carbonyl (C=O) groups is 1. The first kappa shape index (κ1) is 8.91. The molecule has 80 valence electrons. The molecular formula is C10H13N3O2. The molecule has 2 saturated heterocycles. The minimum atomic E-state index is -0.0612. The fourth-order valence-corrected chi connectivity index (χ4v) is 2.22. The second-order valence-electron chi connectivity index (χ2n) is 4.07. The van der Waals surface area contributed by atoms with E-state index in [9.17, 15) is 4.79 Å². The van der Waals surface area contributed by atoms with E-state index in [1.54, 1.807) is 6.20 Å². The number of carbonyl (C=O) groups excluding carboxylic acids is 1. The molecule has 0 bridgehead atoms. The van der Waals surface area contributed by atoms with Gasteiger partial charge in [-0.1, -0.05) is 0 Å². The molecule has 0 saturated carbocycles. The van der Waals surface area contributed by atoms with Gasteiger partial charge in [0.2, 0.25) is 0 Å². The van der Waals surface area contributed by atoms with Crippen LogP contribution in [0.1, 0.15) is 12.5 Å². The molecule has 1 aromatic heterocycles. The molecule has 0 aromatic carbocycles. The van der Waals surface area contributed by atoms with Crippen molar-refractivity contribution in [2.45, 2.75) is 18.5 Å². The van der Waals surface area contributed by atoms with Crippen molar-refractivity contribution >= 4 is 5.97 Å². The molecule has 0 N–H and O–H groups in total. The number of aromatic nitrogens is 2. The predicted molar refractivity (Wildman–Crippen MR) is 52.2 cm³/mol. The topological polar surface area (TPSA) is 47.4 Å². The van der Waals surface area contributed by atoms with Crippen LogP contribution in [0.4, 0.5) is 0 Å². The Kier molecular flexibility index (Phi) is 1.98. The van der Waals surface area contributed by atoms with Crippen molar-refractivity contribution in [3.05, 3.63) is 18.5 Å². The lowest BCUT2D eigenvalue weighted by molar-refractivity contribution is -0.144. The number of nitrogens with zero attached hydrogens (tertiary/aromatic N) is 3. The van der Waals surface area contributed by atoms with Crippen LogP contribution in [0.15, 0.2) is 18.5 Å². The summed E-state index contributed by atoms with van der Waals surface area (Å²) in [5.74, 6) is -0.0612. The summed E-state index contributed by atoms with van der Waals surface area (Å²) in [6.07, 6.45) is 4.59. The van der Waals surface area contributed by atoms with Crippen molar-refractivity contribution in [1.82, 2.24) is 14.7 Å². The largest absolute Gasteiger partial charge is 0.464 e. The first-order valence-electron chi connectivity index (χ1n) is 5.24. The second-order valence-corrected chi connectivity index (χ2v) is 4.07. The number of likely N-dealkylation sites (tertiary alicyclic amines) is 1. The van der Waals surface area contributed by atoms with Gasteiger partial charge in [0.1, 0.15) is 6.04 Å². The normalized spacial score (nSPS) is 27.7. The van der Waals surface area contributed by atoms with Gasteiger partial charge in [-0.25, -0.2) is 0 Å². The van der Waals surface area contributed by atoms with E-state index in [4.69, 9.17) is 4.74 Å². The Morgan fingerprint density at radius 2 is 2.33 bits per heavy atom. The highest BCUT2D eigenvalue weighted by atomic mass is 16.5. The Morgan fingerprint density at radius 1 is 1.47 bits per heavy atom. The van der Waals surface area contributed by atoms with Gasteiger partial charge in [-0.05, 0) is 6.07 Å². The van der Waals surface area contributed by atoms with E-state index in [-0.39, 0.29) is 12.0 Å². The van der Waals surface area contributed by atoms with Crippen molar-refractivity contribution in [2.24, 2.45) is 0 Å². The van der Waals surface area contributed by atoms with Crippen LogP contribution < -0.4 is 0 Å². The third-order valence-electron chi connectivity index (χ3n) is 3.14. The van der Waals surface area contributed by atoms with Gasteiger partial charge in [0.15, 0.2) is 0 Å². The van der Waals surface area contributed by atoms with E-state index in [2.05, 4.69) is 10.00 Å². The van der Waals surface area contributed by atoms with Gasteiger partial charge >= 0.3 is 5.97 Å². The number of rotatable bonds is 2. The SMILES string of the molecule is O=C1OCC[C@@H]1N1CC(n2cccn2)C1. The average Bonchev–Trinajstić information content (AvgIpc) is 2.76. The van der Waals surface area contributed by atoms with Crippen LogP contribution in [-0.4, -0.2) is 46.4 Å². The van der Waals surface area contributed by atoms with E-state index in [1.165, 1.54) is 0 Å². The maximum absolute atomic E-state index is 11.3. The Balaban J connectivity index is 1.60. The highest BCUT2D eigenvalue weighted by Gasteiger charge is 2.40. The summed E-state index contributed by atoms with van der Waals surface area (Å²) in [6.45, 7) is 2.38. The van der Waals surface area contributed by atoms with Gasteiger partial charge in [-0.2, -0.15) is 5.10 Å². The second kappa shape index (κ2) is 3.34. The van der Waals surface area contributed by atoms with Crippen molar-refractivity contribution in [3.63, 3.8) is 0 Å². The first-order valence-corrected chi connectivity index (χ1v) is 5.24. The summed E-state index contributed by atoms with van der Waals surface area (Å²) in [4.78, 5) is 13.5. The fraction of sp³-hybridized carbons (Fsp3) is 0.600. The molecule has 3 heterocycles. The van der Waals surface area contributed by atoms with Crippen LogP contribution in [-0.2, 0) is 9.53 Å². The average molecular weight is 207 g/mol. The van der Waals surface area contributed by atoms with E-state index < -0.39 is 0 Å². The number of cyclic esters (lactones) is 1. The van der Waals surface area contributed by atoms with Gasteiger partial charge in [-0.15, -0.1) is 0 Å². The van der Waals surface area contributed by atoms with E-state index in [0.717, 1.165) is 19.5 Å². The molecule has 1 aromatic rings. The molecule has 15 heavy (non-hydrogen) atoms. The molecule has 0 spiro atoms. The van der Waals surface area contributed by atoms with Crippen LogP contribution in [0, 0.1) is 0 Å². The molecule has 0 aliphatic carbocycles. The quantitative estimate of drug-likeness (QED) is 0.643. The molecule has 5 nitrogen and oxygen atoms in total. The number of ether oxygens (including phenoxy) is 1. The summed E-state index contributed by atoms with van der Waals surface area (Å²) in [7, 11) is 0. The monoisotopic (exact) mass is 207 g/mol. The maximum atomic E-state index is 11.3. The molecule has 0 unspecified atom stereocenters. The Labute approximate surface area is 87.6 Å². The summed E-state index contributed by atoms with van der Waals surface area (Å²) < 4.78 is 6.90. The third-order valence-corrected chi connectivity index (χ3v) is 3.14. The summed E-state index contributed by atoms with van der Waals surface area (Å²) in [6, 6.07) is 2.34. The number of esters is 1. The van der Waals surface area contributed by atoms with Crippen LogP contribution in [0.25, 0.3) is 0 Å². The summed E-state index contributed by atoms with van der Waals surface area (Å²) in [5.41, 5.74) is 0. The Morgan fingerprint density at radius 3 is 2.93 bits per heavy atom. The number of hydrogen-bond acceptors (Lipinski definition) is 4. The van der Waals surface area contributed by atoms with E-state index >= 15 is 0 Å². The molecule has 5 heteroatoms. The van der Waals surface area contributed by atoms with Crippen molar-refractivity contribution < 1.29 is 9.53 Å². The van der Waals surface area contributed by atoms with Gasteiger partial charge in [0.25, 0.3) is 0 Å². The van der Waals surface area contributed by atoms with Crippen molar-refractivity contribution in [1.29, 1.82) is 0 Å². The van der Waals surface area contributed by atoms with Crippen molar-refractivity contribution in [3.8, 4) is 0 Å². The molecular weight excluding hydrogens is 194 g/mol.